The first-order chi connectivity index (χ1) is 7.70. The van der Waals surface area contributed by atoms with Gasteiger partial charge in [0, 0.05) is 12.3 Å². The summed E-state index contributed by atoms with van der Waals surface area (Å²) in [5.74, 6) is 0.769. The summed E-state index contributed by atoms with van der Waals surface area (Å²) in [5, 5.41) is 0. The molecule has 0 bridgehead atoms. The molecule has 0 atom stereocenters. The zero-order chi connectivity index (χ0) is 11.5. The molecular formula is C13H18FNO. The molecular weight excluding hydrogens is 205 g/mol. The molecule has 1 heterocycles. The summed E-state index contributed by atoms with van der Waals surface area (Å²) in [7, 11) is 0. The van der Waals surface area contributed by atoms with Gasteiger partial charge in [0.2, 0.25) is 5.56 Å². The summed E-state index contributed by atoms with van der Waals surface area (Å²) in [6.07, 6.45) is 6.74. The molecule has 1 fully saturated rings. The van der Waals surface area contributed by atoms with E-state index in [0.717, 1.165) is 31.6 Å². The first-order valence-corrected chi connectivity index (χ1v) is 6.08. The number of pyridine rings is 1. The molecule has 1 aliphatic rings. The molecule has 0 radical (unpaired) electrons. The molecule has 0 saturated heterocycles. The van der Waals surface area contributed by atoms with Gasteiger partial charge in [0.1, 0.15) is 5.82 Å². The molecule has 1 aromatic rings. The van der Waals surface area contributed by atoms with E-state index in [-0.39, 0.29) is 17.3 Å². The van der Waals surface area contributed by atoms with Crippen LogP contribution in [-0.4, -0.2) is 4.98 Å². The van der Waals surface area contributed by atoms with Gasteiger partial charge in [-0.15, -0.1) is 0 Å². The lowest BCUT2D eigenvalue weighted by atomic mass is 9.78. The maximum absolute atomic E-state index is 13.6. The third-order valence-electron chi connectivity index (χ3n) is 3.77. The van der Waals surface area contributed by atoms with Crippen molar-refractivity contribution in [3.05, 3.63) is 34.0 Å². The van der Waals surface area contributed by atoms with Gasteiger partial charge in [0.05, 0.1) is 0 Å². The van der Waals surface area contributed by atoms with Crippen molar-refractivity contribution >= 4 is 0 Å². The highest BCUT2D eigenvalue weighted by atomic mass is 19.1. The minimum atomic E-state index is -0.264. The fraction of sp³-hybridized carbons (Fsp3) is 0.615. The summed E-state index contributed by atoms with van der Waals surface area (Å²) in [5.41, 5.74) is 0.410. The molecule has 0 unspecified atom stereocenters. The van der Waals surface area contributed by atoms with Crippen molar-refractivity contribution in [2.75, 3.05) is 0 Å². The first-order valence-electron chi connectivity index (χ1n) is 6.08. The molecule has 1 N–H and O–H groups in total. The molecule has 3 heteroatoms. The van der Waals surface area contributed by atoms with Crippen LogP contribution >= 0.6 is 0 Å². The largest absolute Gasteiger partial charge is 0.326 e. The van der Waals surface area contributed by atoms with Gasteiger partial charge in [-0.2, -0.15) is 0 Å². The lowest BCUT2D eigenvalue weighted by molar-refractivity contribution is 0.314. The van der Waals surface area contributed by atoms with Crippen LogP contribution in [0.1, 0.15) is 50.5 Å². The lowest BCUT2D eigenvalue weighted by Crippen LogP contribution is -2.16. The van der Waals surface area contributed by atoms with Crippen molar-refractivity contribution in [3.63, 3.8) is 0 Å². The number of rotatable bonds is 2. The van der Waals surface area contributed by atoms with E-state index in [4.69, 9.17) is 0 Å². The van der Waals surface area contributed by atoms with Gasteiger partial charge in [-0.05, 0) is 43.1 Å². The van der Waals surface area contributed by atoms with Crippen LogP contribution in [0.3, 0.4) is 0 Å². The number of nitrogens with one attached hydrogen (secondary N) is 1. The Bertz CT molecular complexity index is 405. The molecule has 0 spiro atoms. The predicted octanol–water partition coefficient (Wildman–Crippen LogP) is 3.20. The zero-order valence-corrected chi connectivity index (χ0v) is 9.63. The zero-order valence-electron chi connectivity index (χ0n) is 9.63. The first kappa shape index (κ1) is 11.4. The van der Waals surface area contributed by atoms with Crippen molar-refractivity contribution in [1.29, 1.82) is 0 Å². The third kappa shape index (κ3) is 2.34. The molecule has 2 nitrogen and oxygen atoms in total. The second kappa shape index (κ2) is 4.81. The summed E-state index contributed by atoms with van der Waals surface area (Å²) in [6.45, 7) is 2.21. The van der Waals surface area contributed by atoms with Gasteiger partial charge in [-0.25, -0.2) is 4.39 Å². The van der Waals surface area contributed by atoms with E-state index < -0.39 is 0 Å². The predicted molar refractivity (Wildman–Crippen MR) is 62.0 cm³/mol. The highest BCUT2D eigenvalue weighted by Gasteiger charge is 2.23. The van der Waals surface area contributed by atoms with Crippen LogP contribution in [0.2, 0.25) is 0 Å². The smallest absolute Gasteiger partial charge is 0.248 e. The Kier molecular flexibility index (Phi) is 3.42. The second-order valence-electron chi connectivity index (χ2n) is 4.73. The number of hydrogen-bond acceptors (Lipinski definition) is 1. The van der Waals surface area contributed by atoms with E-state index >= 15 is 0 Å². The minimum Gasteiger partial charge on any atom is -0.326 e. The highest BCUT2D eigenvalue weighted by molar-refractivity contribution is 5.18. The molecule has 1 aliphatic carbocycles. The standard InChI is InChI=1S/C13H18FNO/c1-2-9-3-5-10(6-4-9)11-7-13(16)15-8-12(11)14/h7-10H,2-6H2,1H3,(H,15,16). The van der Waals surface area contributed by atoms with Crippen LogP contribution in [0.15, 0.2) is 17.1 Å². The minimum absolute atomic E-state index is 0.200. The van der Waals surface area contributed by atoms with Crippen LogP contribution in [0.5, 0.6) is 0 Å². The Morgan fingerprint density at radius 3 is 2.69 bits per heavy atom. The van der Waals surface area contributed by atoms with Crippen LogP contribution in [0.25, 0.3) is 0 Å². The van der Waals surface area contributed by atoms with E-state index in [1.165, 1.54) is 18.7 Å². The van der Waals surface area contributed by atoms with Gasteiger partial charge in [0.25, 0.3) is 0 Å². The van der Waals surface area contributed by atoms with E-state index in [2.05, 4.69) is 11.9 Å². The Morgan fingerprint density at radius 1 is 1.38 bits per heavy atom. The molecule has 0 aromatic carbocycles. The average molecular weight is 223 g/mol. The average Bonchev–Trinajstić information content (AvgIpc) is 2.32. The van der Waals surface area contributed by atoms with E-state index in [1.807, 2.05) is 0 Å². The summed E-state index contributed by atoms with van der Waals surface area (Å²) >= 11 is 0. The summed E-state index contributed by atoms with van der Waals surface area (Å²) < 4.78 is 13.6. The van der Waals surface area contributed by atoms with Gasteiger partial charge in [-0.3, -0.25) is 4.79 Å². The Morgan fingerprint density at radius 2 is 2.06 bits per heavy atom. The summed E-state index contributed by atoms with van der Waals surface area (Å²) in [4.78, 5) is 13.6. The SMILES string of the molecule is CCC1CCC(c2cc(=O)[nH]cc2F)CC1. The maximum Gasteiger partial charge on any atom is 0.248 e. The normalized spacial score (nSPS) is 25.6. The topological polar surface area (TPSA) is 32.9 Å². The molecule has 0 amide bonds. The van der Waals surface area contributed by atoms with Crippen molar-refractivity contribution in [2.45, 2.75) is 44.9 Å². The Balaban J connectivity index is 2.13. The Hall–Kier alpha value is -1.12. The van der Waals surface area contributed by atoms with E-state index in [9.17, 15) is 9.18 Å². The lowest BCUT2D eigenvalue weighted by Gasteiger charge is -2.28. The quantitative estimate of drug-likeness (QED) is 0.820. The number of halogens is 1. The van der Waals surface area contributed by atoms with E-state index in [1.54, 1.807) is 0 Å². The number of H-pyrrole nitrogens is 1. The number of hydrogen-bond donors (Lipinski definition) is 1. The fourth-order valence-electron chi connectivity index (χ4n) is 2.66. The summed E-state index contributed by atoms with van der Waals surface area (Å²) in [6, 6.07) is 1.42. The number of aromatic amines is 1. The highest BCUT2D eigenvalue weighted by Crippen LogP contribution is 2.37. The van der Waals surface area contributed by atoms with Crippen molar-refractivity contribution < 1.29 is 4.39 Å². The van der Waals surface area contributed by atoms with E-state index in [0.29, 0.717) is 5.56 Å². The van der Waals surface area contributed by atoms with Crippen LogP contribution in [0.4, 0.5) is 4.39 Å². The van der Waals surface area contributed by atoms with Crippen molar-refractivity contribution in [1.82, 2.24) is 4.98 Å². The Labute approximate surface area is 94.9 Å². The van der Waals surface area contributed by atoms with Crippen LogP contribution < -0.4 is 5.56 Å². The molecule has 1 saturated carbocycles. The van der Waals surface area contributed by atoms with Crippen LogP contribution in [0, 0.1) is 11.7 Å². The van der Waals surface area contributed by atoms with Gasteiger partial charge < -0.3 is 4.98 Å². The van der Waals surface area contributed by atoms with Crippen molar-refractivity contribution in [3.8, 4) is 0 Å². The molecule has 2 rings (SSSR count). The van der Waals surface area contributed by atoms with Gasteiger partial charge >= 0.3 is 0 Å². The third-order valence-corrected chi connectivity index (χ3v) is 3.77. The van der Waals surface area contributed by atoms with Crippen LogP contribution in [-0.2, 0) is 0 Å². The molecule has 0 aliphatic heterocycles. The monoisotopic (exact) mass is 223 g/mol. The molecule has 16 heavy (non-hydrogen) atoms. The second-order valence-corrected chi connectivity index (χ2v) is 4.73. The maximum atomic E-state index is 13.6. The van der Waals surface area contributed by atoms with Gasteiger partial charge in [0.15, 0.2) is 0 Å². The molecule has 88 valence electrons. The fourth-order valence-corrected chi connectivity index (χ4v) is 2.66. The number of aromatic nitrogens is 1. The molecule has 1 aromatic heterocycles. The van der Waals surface area contributed by atoms with Crippen molar-refractivity contribution in [2.24, 2.45) is 5.92 Å². The van der Waals surface area contributed by atoms with Gasteiger partial charge in [-0.1, -0.05) is 13.3 Å².